The quantitative estimate of drug-likeness (QED) is 0.926. The normalized spacial score (nSPS) is 17.7. The molecule has 0 radical (unpaired) electrons. The van der Waals surface area contributed by atoms with E-state index >= 15 is 0 Å². The number of hydrogen-bond donors (Lipinski definition) is 1. The fourth-order valence-electron chi connectivity index (χ4n) is 2.23. The first-order valence-corrected chi connectivity index (χ1v) is 9.43. The van der Waals surface area contributed by atoms with Crippen molar-refractivity contribution in [3.8, 4) is 0 Å². The summed E-state index contributed by atoms with van der Waals surface area (Å²) in [5, 5.41) is 4.40. The van der Waals surface area contributed by atoms with E-state index in [1.807, 2.05) is 20.8 Å². The van der Waals surface area contributed by atoms with Gasteiger partial charge in [-0.3, -0.25) is 4.79 Å². The lowest BCUT2D eigenvalue weighted by Crippen LogP contribution is -2.40. The molecule has 0 unspecified atom stereocenters. The predicted molar refractivity (Wildman–Crippen MR) is 84.1 cm³/mol. The average molecular weight is 330 g/mol. The van der Waals surface area contributed by atoms with Crippen LogP contribution < -0.4 is 5.32 Å². The van der Waals surface area contributed by atoms with Crippen molar-refractivity contribution in [2.24, 2.45) is 0 Å². The van der Waals surface area contributed by atoms with Crippen molar-refractivity contribution in [2.45, 2.75) is 50.5 Å². The minimum Gasteiger partial charge on any atom is -0.347 e. The zero-order valence-electron chi connectivity index (χ0n) is 12.7. The Bertz CT molecular complexity index is 608. The first-order valence-electron chi connectivity index (χ1n) is 7.11. The summed E-state index contributed by atoms with van der Waals surface area (Å²) < 4.78 is 26.5. The summed E-state index contributed by atoms with van der Waals surface area (Å²) in [7, 11) is -3.45. The molecule has 1 fully saturated rings. The number of nitrogens with zero attached hydrogens (tertiary/aromatic N) is 1. The zero-order chi connectivity index (χ0) is 15.7. The third-order valence-electron chi connectivity index (χ3n) is 3.24. The van der Waals surface area contributed by atoms with E-state index in [1.54, 1.807) is 5.38 Å². The maximum atomic E-state index is 12.5. The van der Waals surface area contributed by atoms with Crippen molar-refractivity contribution in [1.29, 1.82) is 0 Å². The van der Waals surface area contributed by atoms with Gasteiger partial charge in [-0.25, -0.2) is 8.42 Å². The van der Waals surface area contributed by atoms with Gasteiger partial charge in [-0.1, -0.05) is 6.42 Å². The van der Waals surface area contributed by atoms with Crippen LogP contribution in [-0.2, 0) is 10.0 Å². The van der Waals surface area contributed by atoms with E-state index in [9.17, 15) is 13.2 Å². The highest BCUT2D eigenvalue weighted by Crippen LogP contribution is 2.25. The summed E-state index contributed by atoms with van der Waals surface area (Å²) in [4.78, 5) is 12.7. The van der Waals surface area contributed by atoms with Gasteiger partial charge < -0.3 is 5.32 Å². The lowest BCUT2D eigenvalue weighted by Gasteiger charge is -2.25. The van der Waals surface area contributed by atoms with E-state index in [2.05, 4.69) is 5.32 Å². The minimum absolute atomic E-state index is 0.229. The summed E-state index contributed by atoms with van der Waals surface area (Å²) in [5.74, 6) is -0.229. The Hall–Kier alpha value is -0.920. The molecule has 1 amide bonds. The molecule has 1 aliphatic rings. The molecular weight excluding hydrogens is 308 g/mol. The monoisotopic (exact) mass is 330 g/mol. The number of rotatable bonds is 3. The van der Waals surface area contributed by atoms with Crippen molar-refractivity contribution in [3.63, 3.8) is 0 Å². The van der Waals surface area contributed by atoms with Crippen LogP contribution in [-0.4, -0.2) is 37.3 Å². The van der Waals surface area contributed by atoms with E-state index in [1.165, 1.54) is 21.7 Å². The van der Waals surface area contributed by atoms with Crippen LogP contribution in [0, 0.1) is 0 Å². The largest absolute Gasteiger partial charge is 0.347 e. The molecule has 0 aliphatic carbocycles. The molecule has 0 aromatic carbocycles. The van der Waals surface area contributed by atoms with Gasteiger partial charge in [0.05, 0.1) is 9.77 Å². The molecule has 1 saturated heterocycles. The molecule has 0 bridgehead atoms. The molecule has 1 N–H and O–H groups in total. The number of carbonyl (C=O) groups is 1. The van der Waals surface area contributed by atoms with Gasteiger partial charge in [-0.2, -0.15) is 4.31 Å². The van der Waals surface area contributed by atoms with E-state index in [0.29, 0.717) is 18.0 Å². The Morgan fingerprint density at radius 1 is 1.24 bits per heavy atom. The molecule has 1 aromatic rings. The van der Waals surface area contributed by atoms with Gasteiger partial charge in [0, 0.05) is 24.0 Å². The van der Waals surface area contributed by atoms with Crippen LogP contribution in [0.2, 0.25) is 0 Å². The number of carbonyl (C=O) groups excluding carboxylic acids is 1. The van der Waals surface area contributed by atoms with Crippen LogP contribution in [0.15, 0.2) is 16.3 Å². The van der Waals surface area contributed by atoms with Crippen LogP contribution in [0.4, 0.5) is 0 Å². The first kappa shape index (κ1) is 16.5. The SMILES string of the molecule is CC(C)(C)NC(=O)c1cc(S(=O)(=O)N2CCCCC2)cs1. The third-order valence-corrected chi connectivity index (χ3v) is 6.20. The van der Waals surface area contributed by atoms with Gasteiger partial charge in [0.15, 0.2) is 0 Å². The number of amides is 1. The van der Waals surface area contributed by atoms with Crippen molar-refractivity contribution in [2.75, 3.05) is 13.1 Å². The topological polar surface area (TPSA) is 66.5 Å². The van der Waals surface area contributed by atoms with Crippen LogP contribution in [0.1, 0.15) is 49.7 Å². The molecule has 5 nitrogen and oxygen atoms in total. The van der Waals surface area contributed by atoms with E-state index in [-0.39, 0.29) is 16.3 Å². The number of thiophene rings is 1. The summed E-state index contributed by atoms with van der Waals surface area (Å²) in [6.45, 7) is 6.82. The molecule has 7 heteroatoms. The van der Waals surface area contributed by atoms with Gasteiger partial charge in [-0.15, -0.1) is 11.3 Å². The third kappa shape index (κ3) is 4.05. The minimum atomic E-state index is -3.45. The van der Waals surface area contributed by atoms with Gasteiger partial charge >= 0.3 is 0 Å². The summed E-state index contributed by atoms with van der Waals surface area (Å²) >= 11 is 1.17. The Labute approximate surface area is 130 Å². The average Bonchev–Trinajstić information content (AvgIpc) is 2.88. The fourth-order valence-corrected chi connectivity index (χ4v) is 4.90. The van der Waals surface area contributed by atoms with Crippen LogP contribution in [0.3, 0.4) is 0 Å². The zero-order valence-corrected chi connectivity index (χ0v) is 14.3. The number of nitrogens with one attached hydrogen (secondary N) is 1. The lowest BCUT2D eigenvalue weighted by atomic mass is 10.1. The van der Waals surface area contributed by atoms with Gasteiger partial charge in [-0.05, 0) is 39.7 Å². The molecule has 2 heterocycles. The summed E-state index contributed by atoms with van der Waals surface area (Å²) in [6.07, 6.45) is 2.89. The molecule has 118 valence electrons. The fraction of sp³-hybridized carbons (Fsp3) is 0.643. The molecule has 2 rings (SSSR count). The van der Waals surface area contributed by atoms with Gasteiger partial charge in [0.25, 0.3) is 5.91 Å². The van der Waals surface area contributed by atoms with E-state index in [0.717, 1.165) is 19.3 Å². The summed E-state index contributed by atoms with van der Waals surface area (Å²) in [5.41, 5.74) is -0.340. The molecule has 1 aliphatic heterocycles. The van der Waals surface area contributed by atoms with Crippen molar-refractivity contribution >= 4 is 27.3 Å². The number of sulfonamides is 1. The van der Waals surface area contributed by atoms with Crippen LogP contribution in [0.5, 0.6) is 0 Å². The molecule has 0 saturated carbocycles. The van der Waals surface area contributed by atoms with Gasteiger partial charge in [0.2, 0.25) is 10.0 Å². The molecule has 1 aromatic heterocycles. The van der Waals surface area contributed by atoms with E-state index < -0.39 is 10.0 Å². The van der Waals surface area contributed by atoms with Crippen LogP contribution in [0.25, 0.3) is 0 Å². The Morgan fingerprint density at radius 2 is 1.86 bits per heavy atom. The highest BCUT2D eigenvalue weighted by molar-refractivity contribution is 7.89. The maximum Gasteiger partial charge on any atom is 0.261 e. The molecule has 0 atom stereocenters. The van der Waals surface area contributed by atoms with Crippen molar-refractivity contribution in [1.82, 2.24) is 9.62 Å². The predicted octanol–water partition coefficient (Wildman–Crippen LogP) is 2.45. The second-order valence-electron chi connectivity index (χ2n) is 6.32. The standard InChI is InChI=1S/C14H22N2O3S2/c1-14(2,3)15-13(17)12-9-11(10-20-12)21(18,19)16-7-5-4-6-8-16/h9-10H,4-8H2,1-3H3,(H,15,17). The first-order chi connectivity index (χ1) is 9.70. The van der Waals surface area contributed by atoms with Crippen molar-refractivity contribution in [3.05, 3.63) is 16.3 Å². The number of hydrogen-bond acceptors (Lipinski definition) is 4. The second-order valence-corrected chi connectivity index (χ2v) is 9.16. The van der Waals surface area contributed by atoms with Crippen LogP contribution >= 0.6 is 11.3 Å². The maximum absolute atomic E-state index is 12.5. The Balaban J connectivity index is 2.17. The summed E-state index contributed by atoms with van der Waals surface area (Å²) in [6, 6.07) is 1.48. The van der Waals surface area contributed by atoms with Crippen molar-refractivity contribution < 1.29 is 13.2 Å². The van der Waals surface area contributed by atoms with Gasteiger partial charge in [0.1, 0.15) is 0 Å². The molecular formula is C14H22N2O3S2. The Kier molecular flexibility index (Phi) is 4.75. The highest BCUT2D eigenvalue weighted by atomic mass is 32.2. The smallest absolute Gasteiger partial charge is 0.261 e. The molecule has 0 spiro atoms. The number of piperidine rings is 1. The second kappa shape index (κ2) is 6.06. The Morgan fingerprint density at radius 3 is 2.43 bits per heavy atom. The molecule has 21 heavy (non-hydrogen) atoms. The van der Waals surface area contributed by atoms with E-state index in [4.69, 9.17) is 0 Å². The lowest BCUT2D eigenvalue weighted by molar-refractivity contribution is 0.0923. The highest BCUT2D eigenvalue weighted by Gasteiger charge is 2.28.